The van der Waals surface area contributed by atoms with Gasteiger partial charge in [0.05, 0.1) is 11.1 Å². The quantitative estimate of drug-likeness (QED) is 0.167. The molecule has 2 aliphatic rings. The minimum Gasteiger partial charge on any atom is -0.166 e. The van der Waals surface area contributed by atoms with Crippen LogP contribution in [0, 0.1) is 5.92 Å². The van der Waals surface area contributed by atoms with Crippen molar-refractivity contribution in [1.82, 2.24) is 0 Å². The smallest absolute Gasteiger partial charge is 0.166 e. The van der Waals surface area contributed by atoms with Crippen molar-refractivity contribution >= 4 is 26.5 Å². The summed E-state index contributed by atoms with van der Waals surface area (Å²) in [6.07, 6.45) is 1.62. The van der Waals surface area contributed by atoms with Gasteiger partial charge in [0, 0.05) is 17.1 Å². The Balaban J connectivity index is 0.000000973. The monoisotopic (exact) mass is 688 g/mol. The van der Waals surface area contributed by atoms with E-state index >= 15 is 0 Å². The molecule has 2 saturated carbocycles. The Morgan fingerprint density at radius 3 is 1.23 bits per heavy atom. The molecule has 0 radical (unpaired) electrons. The third kappa shape index (κ3) is 10.5. The molecule has 2 unspecified atom stereocenters. The Labute approximate surface area is 268 Å². The van der Waals surface area contributed by atoms with Gasteiger partial charge in [-0.2, -0.15) is 26.3 Å². The van der Waals surface area contributed by atoms with Crippen molar-refractivity contribution in [3.63, 3.8) is 0 Å². The predicted octanol–water partition coefficient (Wildman–Crippen LogP) is 11.7. The Morgan fingerprint density at radius 2 is 0.930 bits per heavy atom. The van der Waals surface area contributed by atoms with Gasteiger partial charge in [0.15, 0.2) is 0 Å². The molecule has 0 aromatic heterocycles. The molecule has 0 nitrogen and oxygen atoms in total. The van der Waals surface area contributed by atoms with Gasteiger partial charge >= 0.3 is 12.4 Å². The van der Waals surface area contributed by atoms with Gasteiger partial charge in [0.1, 0.15) is 0 Å². The number of halogens is 6. The summed E-state index contributed by atoms with van der Waals surface area (Å²) in [4.78, 5) is 0. The average Bonchev–Trinajstić information content (AvgIpc) is 3.58. The van der Waals surface area contributed by atoms with Crippen LogP contribution in [0.5, 0.6) is 0 Å². The first-order valence-electron chi connectivity index (χ1n) is 15.2. The first kappa shape index (κ1) is 38.6. The molecule has 244 valence electrons. The van der Waals surface area contributed by atoms with Crippen LogP contribution in [0.2, 0.25) is 0 Å². The Kier molecular flexibility index (Phi) is 13.8. The molecular weight excluding hydrogens is 640 g/mol. The molecule has 2 aliphatic carbocycles. The first-order chi connectivity index (χ1) is 19.3. The molecule has 43 heavy (non-hydrogen) atoms. The zero-order valence-corrected chi connectivity index (χ0v) is 29.4. The molecule has 2 aromatic rings. The van der Waals surface area contributed by atoms with Gasteiger partial charge in [-0.1, -0.05) is 119 Å². The molecule has 0 amide bonds. The van der Waals surface area contributed by atoms with Gasteiger partial charge in [-0.15, -0.1) is 0 Å². The molecule has 0 N–H and O–H groups in total. The minimum absolute atomic E-state index is 0. The zero-order chi connectivity index (χ0) is 31.5. The average molecular weight is 689 g/mol. The van der Waals surface area contributed by atoms with Crippen molar-refractivity contribution in [2.75, 3.05) is 0 Å². The molecule has 0 saturated heterocycles. The van der Waals surface area contributed by atoms with Crippen molar-refractivity contribution in [3.8, 4) is 0 Å². The van der Waals surface area contributed by atoms with Crippen molar-refractivity contribution in [2.24, 2.45) is 5.92 Å². The number of rotatable bonds is 5. The SMILES string of the molecule is C1CCCC1.C[C@@H](C1CCCC1P(c1ccc(C(F)(F)F)cc1)c1ccc(C(F)(F)F)cc1)P(C(C)(C)C)C(C)(C)C.[Fe]. The molecule has 4 rings (SSSR count). The Hall–Kier alpha value is -0.601. The van der Waals surface area contributed by atoms with E-state index in [1.807, 2.05) is 0 Å². The molecule has 0 bridgehead atoms. The van der Waals surface area contributed by atoms with Gasteiger partial charge < -0.3 is 0 Å². The summed E-state index contributed by atoms with van der Waals surface area (Å²) in [6.45, 7) is 16.1. The summed E-state index contributed by atoms with van der Waals surface area (Å²) in [7, 11) is -1.57. The van der Waals surface area contributed by atoms with Crippen LogP contribution in [0.15, 0.2) is 48.5 Å². The van der Waals surface area contributed by atoms with E-state index in [0.717, 1.165) is 54.1 Å². The van der Waals surface area contributed by atoms with Crippen LogP contribution in [-0.4, -0.2) is 21.6 Å². The maximum absolute atomic E-state index is 13.3. The van der Waals surface area contributed by atoms with Gasteiger partial charge in [0.25, 0.3) is 0 Å². The van der Waals surface area contributed by atoms with E-state index in [9.17, 15) is 26.3 Å². The van der Waals surface area contributed by atoms with E-state index in [2.05, 4.69) is 48.5 Å². The summed E-state index contributed by atoms with van der Waals surface area (Å²) < 4.78 is 79.7. The third-order valence-corrected chi connectivity index (χ3v) is 15.6. The molecule has 0 spiro atoms. The number of alkyl halides is 6. The van der Waals surface area contributed by atoms with E-state index in [0.29, 0.717) is 11.6 Å². The summed E-state index contributed by atoms with van der Waals surface area (Å²) in [6, 6.07) is 10.6. The zero-order valence-electron chi connectivity index (χ0n) is 26.5. The van der Waals surface area contributed by atoms with Crippen molar-refractivity contribution in [1.29, 1.82) is 0 Å². The molecular formula is C34H48F6FeP2. The summed E-state index contributed by atoms with van der Waals surface area (Å²) >= 11 is 0. The molecule has 9 heteroatoms. The Morgan fingerprint density at radius 1 is 0.581 bits per heavy atom. The second kappa shape index (κ2) is 15.3. The van der Waals surface area contributed by atoms with Gasteiger partial charge in [-0.05, 0) is 83.2 Å². The van der Waals surface area contributed by atoms with Gasteiger partial charge in [0.2, 0.25) is 0 Å². The standard InChI is InChI=1S/C29H38F6P2.C5H10.Fe/c1-19(37(26(2,3)4)27(5,6)7)24-9-8-10-25(24)36(22-15-11-20(12-16-22)28(30,31)32)23-17-13-21(14-18-23)29(33,34)35;1-2-4-5-3-1;/h11-19,24-25H,8-10H2,1-7H3;1-5H2;/t19-,24?,25?;;/m0../s1. The van der Waals surface area contributed by atoms with E-state index < -0.39 is 39.3 Å². The maximum Gasteiger partial charge on any atom is 0.416 e. The van der Waals surface area contributed by atoms with Crippen molar-refractivity contribution in [3.05, 3.63) is 59.7 Å². The molecule has 0 aliphatic heterocycles. The minimum atomic E-state index is -4.44. The molecule has 3 atom stereocenters. The van der Waals surface area contributed by atoms with Crippen molar-refractivity contribution in [2.45, 2.75) is 134 Å². The summed E-state index contributed by atoms with van der Waals surface area (Å²) in [5, 5.41) is 1.82. The van der Waals surface area contributed by atoms with Crippen LogP contribution in [-0.2, 0) is 29.4 Å². The molecule has 2 fully saturated rings. The van der Waals surface area contributed by atoms with Crippen molar-refractivity contribution < 1.29 is 43.4 Å². The second-order valence-corrected chi connectivity index (χ2v) is 20.5. The number of benzene rings is 2. The maximum atomic E-state index is 13.3. The van der Waals surface area contributed by atoms with E-state index in [-0.39, 0.29) is 33.0 Å². The van der Waals surface area contributed by atoms with E-state index in [1.54, 1.807) is 24.3 Å². The fourth-order valence-corrected chi connectivity index (χ4v) is 15.9. The normalized spacial score (nSPS) is 20.5. The number of hydrogen-bond acceptors (Lipinski definition) is 0. The topological polar surface area (TPSA) is 0 Å². The summed E-state index contributed by atoms with van der Waals surface area (Å²) in [5.41, 5.74) is -0.803. The number of hydrogen-bond donors (Lipinski definition) is 0. The van der Waals surface area contributed by atoms with Crippen LogP contribution < -0.4 is 10.6 Å². The summed E-state index contributed by atoms with van der Waals surface area (Å²) in [5.74, 6) is 0.361. The van der Waals surface area contributed by atoms with Crippen LogP contribution in [0.1, 0.15) is 111 Å². The van der Waals surface area contributed by atoms with Gasteiger partial charge in [-0.3, -0.25) is 0 Å². The van der Waals surface area contributed by atoms with Crippen LogP contribution in [0.4, 0.5) is 26.3 Å². The van der Waals surface area contributed by atoms with E-state index in [1.165, 1.54) is 32.1 Å². The first-order valence-corrected chi connectivity index (χ1v) is 18.1. The fourth-order valence-electron chi connectivity index (χ4n) is 7.31. The van der Waals surface area contributed by atoms with Crippen LogP contribution in [0.25, 0.3) is 0 Å². The molecule has 0 heterocycles. The van der Waals surface area contributed by atoms with Gasteiger partial charge in [-0.25, -0.2) is 0 Å². The fraction of sp³-hybridized carbons (Fsp3) is 0.647. The van der Waals surface area contributed by atoms with E-state index in [4.69, 9.17) is 0 Å². The largest absolute Gasteiger partial charge is 0.416 e. The third-order valence-electron chi connectivity index (χ3n) is 8.53. The second-order valence-electron chi connectivity index (χ2n) is 13.8. The Bertz CT molecular complexity index is 1030. The predicted molar refractivity (Wildman–Crippen MR) is 169 cm³/mol. The van der Waals surface area contributed by atoms with Crippen LogP contribution in [0.3, 0.4) is 0 Å². The molecule has 2 aromatic carbocycles. The van der Waals surface area contributed by atoms with Crippen LogP contribution >= 0.6 is 15.8 Å².